The van der Waals surface area contributed by atoms with Crippen molar-refractivity contribution in [1.29, 1.82) is 0 Å². The van der Waals surface area contributed by atoms with E-state index in [1.807, 2.05) is 19.3 Å². The van der Waals surface area contributed by atoms with Gasteiger partial charge in [-0.25, -0.2) is 0 Å². The van der Waals surface area contributed by atoms with Crippen LogP contribution < -0.4 is 5.32 Å². The van der Waals surface area contributed by atoms with Gasteiger partial charge in [0.1, 0.15) is 0 Å². The van der Waals surface area contributed by atoms with Crippen LogP contribution in [0.1, 0.15) is 5.69 Å². The van der Waals surface area contributed by atoms with Gasteiger partial charge in [0.25, 0.3) is 0 Å². The number of aromatic nitrogens is 5. The molecule has 2 rings (SSSR count). The summed E-state index contributed by atoms with van der Waals surface area (Å²) in [4.78, 5) is 11.4. The number of hydrogen-bond acceptors (Lipinski definition) is 5. The predicted molar refractivity (Wildman–Crippen MR) is 60.4 cm³/mol. The molecule has 0 aliphatic carbocycles. The maximum Gasteiger partial charge on any atom is 0.228 e. The molecule has 6 nitrogen and oxygen atoms in total. The van der Waals surface area contributed by atoms with Crippen LogP contribution in [0.2, 0.25) is 10.6 Å². The van der Waals surface area contributed by atoms with Gasteiger partial charge in [-0.05, 0) is 29.3 Å². The zero-order valence-electron chi connectivity index (χ0n) is 8.35. The van der Waals surface area contributed by atoms with E-state index in [2.05, 4.69) is 25.4 Å². The molecule has 84 valence electrons. The minimum atomic E-state index is 0.0588. The van der Waals surface area contributed by atoms with Crippen molar-refractivity contribution in [2.24, 2.45) is 7.05 Å². The SMILES string of the molecule is Cn1ccc(CNc2nc(Cl)nc(Cl)n2)n1. The molecule has 16 heavy (non-hydrogen) atoms. The van der Waals surface area contributed by atoms with Crippen LogP contribution in [0.4, 0.5) is 5.95 Å². The van der Waals surface area contributed by atoms with E-state index in [0.29, 0.717) is 12.5 Å². The van der Waals surface area contributed by atoms with Gasteiger partial charge in [-0.3, -0.25) is 4.68 Å². The Bertz CT molecular complexity index is 477. The Morgan fingerprint density at radius 2 is 1.94 bits per heavy atom. The van der Waals surface area contributed by atoms with Crippen LogP contribution in [0.5, 0.6) is 0 Å². The minimum Gasteiger partial charge on any atom is -0.348 e. The van der Waals surface area contributed by atoms with Crippen molar-refractivity contribution in [3.8, 4) is 0 Å². The number of aryl methyl sites for hydroxylation is 1. The van der Waals surface area contributed by atoms with E-state index in [1.54, 1.807) is 4.68 Å². The molecule has 0 atom stereocenters. The monoisotopic (exact) mass is 258 g/mol. The molecule has 0 saturated heterocycles. The Morgan fingerprint density at radius 3 is 2.50 bits per heavy atom. The minimum absolute atomic E-state index is 0.0588. The molecule has 2 heterocycles. The third-order valence-electron chi connectivity index (χ3n) is 1.78. The highest BCUT2D eigenvalue weighted by molar-refractivity contribution is 6.31. The second-order valence-corrected chi connectivity index (χ2v) is 3.71. The summed E-state index contributed by atoms with van der Waals surface area (Å²) < 4.78 is 1.71. The Kier molecular flexibility index (Phi) is 3.21. The van der Waals surface area contributed by atoms with E-state index in [-0.39, 0.29) is 10.6 Å². The van der Waals surface area contributed by atoms with Crippen molar-refractivity contribution < 1.29 is 0 Å². The summed E-state index contributed by atoms with van der Waals surface area (Å²) in [5.41, 5.74) is 0.871. The number of hydrogen-bond donors (Lipinski definition) is 1. The van der Waals surface area contributed by atoms with Crippen molar-refractivity contribution in [1.82, 2.24) is 24.7 Å². The summed E-state index contributed by atoms with van der Waals surface area (Å²) in [5.74, 6) is 0.329. The molecule has 1 N–H and O–H groups in total. The Hall–Kier alpha value is -1.40. The maximum atomic E-state index is 5.63. The topological polar surface area (TPSA) is 68.5 Å². The van der Waals surface area contributed by atoms with E-state index in [4.69, 9.17) is 23.2 Å². The van der Waals surface area contributed by atoms with Gasteiger partial charge in [-0.15, -0.1) is 0 Å². The Morgan fingerprint density at radius 1 is 1.25 bits per heavy atom. The van der Waals surface area contributed by atoms with Gasteiger partial charge in [0.05, 0.1) is 12.2 Å². The molecule has 0 fully saturated rings. The van der Waals surface area contributed by atoms with Crippen molar-refractivity contribution in [3.05, 3.63) is 28.5 Å². The first-order valence-electron chi connectivity index (χ1n) is 4.43. The number of nitrogens with zero attached hydrogens (tertiary/aromatic N) is 5. The van der Waals surface area contributed by atoms with Gasteiger partial charge in [0.15, 0.2) is 0 Å². The molecular weight excluding hydrogens is 251 g/mol. The van der Waals surface area contributed by atoms with E-state index in [9.17, 15) is 0 Å². The Balaban J connectivity index is 2.04. The van der Waals surface area contributed by atoms with Crippen LogP contribution in [-0.2, 0) is 13.6 Å². The van der Waals surface area contributed by atoms with Gasteiger partial charge >= 0.3 is 0 Å². The van der Waals surface area contributed by atoms with Gasteiger partial charge < -0.3 is 5.32 Å². The molecule has 0 aliphatic rings. The van der Waals surface area contributed by atoms with Crippen LogP contribution in [0, 0.1) is 0 Å². The highest BCUT2D eigenvalue weighted by Gasteiger charge is 2.03. The second-order valence-electron chi connectivity index (χ2n) is 3.03. The van der Waals surface area contributed by atoms with Crippen LogP contribution in [-0.4, -0.2) is 24.7 Å². The smallest absolute Gasteiger partial charge is 0.228 e. The van der Waals surface area contributed by atoms with Crippen molar-refractivity contribution >= 4 is 29.2 Å². The Labute approximate surface area is 102 Å². The fraction of sp³-hybridized carbons (Fsp3) is 0.250. The van der Waals surface area contributed by atoms with Crippen molar-refractivity contribution in [2.45, 2.75) is 6.54 Å². The molecule has 2 aromatic rings. The molecule has 0 amide bonds. The van der Waals surface area contributed by atoms with Gasteiger partial charge in [0, 0.05) is 13.2 Å². The predicted octanol–water partition coefficient (Wildman–Crippen LogP) is 1.52. The lowest BCUT2D eigenvalue weighted by Gasteiger charge is -2.02. The van der Waals surface area contributed by atoms with Gasteiger partial charge in [-0.1, -0.05) is 0 Å². The number of nitrogens with one attached hydrogen (secondary N) is 1. The molecule has 0 unspecified atom stereocenters. The van der Waals surface area contributed by atoms with E-state index in [0.717, 1.165) is 5.69 Å². The highest BCUT2D eigenvalue weighted by atomic mass is 35.5. The molecule has 0 saturated carbocycles. The summed E-state index contributed by atoms with van der Waals surface area (Å²) in [5, 5.41) is 7.25. The molecule has 0 aliphatic heterocycles. The molecule has 0 aromatic carbocycles. The molecule has 0 radical (unpaired) electrons. The zero-order valence-corrected chi connectivity index (χ0v) is 9.87. The average molecular weight is 259 g/mol. The normalized spacial score (nSPS) is 10.4. The van der Waals surface area contributed by atoms with Crippen molar-refractivity contribution in [3.63, 3.8) is 0 Å². The lowest BCUT2D eigenvalue weighted by atomic mass is 10.4. The maximum absolute atomic E-state index is 5.63. The fourth-order valence-corrected chi connectivity index (χ4v) is 1.50. The number of rotatable bonds is 3. The van der Waals surface area contributed by atoms with Crippen LogP contribution in [0.15, 0.2) is 12.3 Å². The molecule has 0 bridgehead atoms. The first-order chi connectivity index (χ1) is 7.63. The lowest BCUT2D eigenvalue weighted by Crippen LogP contribution is -2.05. The summed E-state index contributed by atoms with van der Waals surface area (Å²) in [6.45, 7) is 0.498. The largest absolute Gasteiger partial charge is 0.348 e. The zero-order chi connectivity index (χ0) is 11.5. The summed E-state index contributed by atoms with van der Waals surface area (Å²) >= 11 is 11.3. The van der Waals surface area contributed by atoms with Gasteiger partial charge in [0.2, 0.25) is 16.5 Å². The van der Waals surface area contributed by atoms with Crippen molar-refractivity contribution in [2.75, 3.05) is 5.32 Å². The summed E-state index contributed by atoms with van der Waals surface area (Å²) in [6, 6.07) is 1.89. The summed E-state index contributed by atoms with van der Waals surface area (Å²) in [6.07, 6.45) is 1.85. The molecule has 8 heteroatoms. The van der Waals surface area contributed by atoms with Crippen LogP contribution in [0.3, 0.4) is 0 Å². The summed E-state index contributed by atoms with van der Waals surface area (Å²) in [7, 11) is 1.85. The molecule has 2 aromatic heterocycles. The first kappa shape index (κ1) is 11.1. The molecule has 0 spiro atoms. The molecular formula is C8H8Cl2N6. The third kappa shape index (κ3) is 2.80. The van der Waals surface area contributed by atoms with E-state index in [1.165, 1.54) is 0 Å². The van der Waals surface area contributed by atoms with Gasteiger partial charge in [-0.2, -0.15) is 20.1 Å². The fourth-order valence-electron chi connectivity index (χ4n) is 1.13. The highest BCUT2D eigenvalue weighted by Crippen LogP contribution is 2.10. The quantitative estimate of drug-likeness (QED) is 0.905. The third-order valence-corrected chi connectivity index (χ3v) is 2.12. The van der Waals surface area contributed by atoms with E-state index >= 15 is 0 Å². The first-order valence-corrected chi connectivity index (χ1v) is 5.18. The number of halogens is 2. The van der Waals surface area contributed by atoms with Crippen LogP contribution in [0.25, 0.3) is 0 Å². The lowest BCUT2D eigenvalue weighted by molar-refractivity contribution is 0.746. The second kappa shape index (κ2) is 4.63. The van der Waals surface area contributed by atoms with E-state index < -0.39 is 0 Å². The number of anilines is 1. The standard InChI is InChI=1S/C8H8Cl2N6/c1-16-3-2-5(15-16)4-11-8-13-6(9)12-7(10)14-8/h2-3H,4H2,1H3,(H,11,12,13,14). The van der Waals surface area contributed by atoms with Crippen LogP contribution >= 0.6 is 23.2 Å². The average Bonchev–Trinajstić information content (AvgIpc) is 2.60.